The summed E-state index contributed by atoms with van der Waals surface area (Å²) in [7, 11) is -16.3. The summed E-state index contributed by atoms with van der Waals surface area (Å²) in [5.41, 5.74) is 5.51. The number of phosphoric acid groups is 3. The number of pyridine rings is 1. The van der Waals surface area contributed by atoms with Crippen LogP contribution in [0.2, 0.25) is 0 Å². The van der Waals surface area contributed by atoms with Gasteiger partial charge in [0.1, 0.15) is 42.4 Å². The average Bonchev–Trinajstić information content (AvgIpc) is 3.64. The van der Waals surface area contributed by atoms with Crippen LogP contribution in [0.1, 0.15) is 22.8 Å². The number of anilines is 1. The second-order valence-electron chi connectivity index (χ2n) is 10.2. The van der Waals surface area contributed by atoms with E-state index in [0.717, 1.165) is 28.0 Å². The number of hydrogen-bond acceptors (Lipinski definition) is 18. The summed E-state index contributed by atoms with van der Waals surface area (Å²) in [6, 6.07) is 2.48. The van der Waals surface area contributed by atoms with Crippen LogP contribution >= 0.6 is 23.5 Å². The van der Waals surface area contributed by atoms with Crippen LogP contribution < -0.4 is 15.4 Å². The second kappa shape index (κ2) is 13.8. The number of rotatable bonds is 13. The Morgan fingerprint density at radius 2 is 1.62 bits per heavy atom. The van der Waals surface area contributed by atoms with Crippen molar-refractivity contribution in [3.8, 4) is 0 Å². The van der Waals surface area contributed by atoms with Crippen molar-refractivity contribution in [3.05, 3.63) is 42.7 Å². The molecule has 2 fully saturated rings. The zero-order valence-electron chi connectivity index (χ0n) is 23.8. The summed E-state index contributed by atoms with van der Waals surface area (Å²) in [6.07, 6.45) is -8.95. The van der Waals surface area contributed by atoms with Gasteiger partial charge in [0.15, 0.2) is 36.2 Å². The maximum Gasteiger partial charge on any atom is 0.481 e. The molecule has 3 aromatic heterocycles. The molecule has 27 heteroatoms. The van der Waals surface area contributed by atoms with Crippen molar-refractivity contribution >= 4 is 46.4 Å². The number of imidazole rings is 1. The van der Waals surface area contributed by atoms with Crippen LogP contribution in [0.25, 0.3) is 11.2 Å². The molecule has 0 saturated carbocycles. The first-order chi connectivity index (χ1) is 22.4. The third kappa shape index (κ3) is 8.12. The molecule has 0 spiro atoms. The lowest BCUT2D eigenvalue weighted by Crippen LogP contribution is -2.46. The summed E-state index contributed by atoms with van der Waals surface area (Å²) >= 11 is 0. The molecule has 2 aliphatic heterocycles. The van der Waals surface area contributed by atoms with E-state index in [2.05, 4.69) is 32.8 Å². The number of aromatic nitrogens is 5. The number of carbonyl (C=O) groups excluding carboxylic acids is 1. The first-order valence-corrected chi connectivity index (χ1v) is 17.8. The fourth-order valence-electron chi connectivity index (χ4n) is 4.81. The van der Waals surface area contributed by atoms with E-state index < -0.39 is 91.7 Å². The predicted octanol–water partition coefficient (Wildman–Crippen LogP) is -3.63. The Kier molecular flexibility index (Phi) is 10.5. The molecule has 0 aromatic carbocycles. The molecule has 5 rings (SSSR count). The number of carboxylic acids is 1. The van der Waals surface area contributed by atoms with Gasteiger partial charge in [-0.1, -0.05) is 0 Å². The van der Waals surface area contributed by atoms with Crippen molar-refractivity contribution in [2.45, 2.75) is 49.1 Å². The Balaban J connectivity index is 1.21. The largest absolute Gasteiger partial charge is 0.545 e. The van der Waals surface area contributed by atoms with Crippen molar-refractivity contribution in [2.24, 2.45) is 0 Å². The molecule has 48 heavy (non-hydrogen) atoms. The van der Waals surface area contributed by atoms with Gasteiger partial charge < -0.3 is 60.0 Å². The molecule has 0 amide bonds. The van der Waals surface area contributed by atoms with E-state index in [1.165, 1.54) is 18.3 Å². The number of nitrogens with zero attached hydrogens (tertiary/aromatic N) is 5. The zero-order chi connectivity index (χ0) is 35.2. The minimum absolute atomic E-state index is 0.00464. The number of nitrogens with two attached hydrogens (primary N) is 1. The number of aliphatic hydroxyl groups excluding tert-OH is 3. The quantitative estimate of drug-likeness (QED) is 0.0618. The number of ether oxygens (including phenoxy) is 2. The fourth-order valence-corrected chi connectivity index (χ4v) is 7.44. The van der Waals surface area contributed by atoms with Gasteiger partial charge in [0, 0.05) is 6.07 Å². The maximum atomic E-state index is 12.5. The smallest absolute Gasteiger partial charge is 0.481 e. The Morgan fingerprint density at radius 3 is 2.25 bits per heavy atom. The van der Waals surface area contributed by atoms with Crippen LogP contribution in [-0.2, 0) is 41.1 Å². The minimum Gasteiger partial charge on any atom is -0.545 e. The van der Waals surface area contributed by atoms with Crippen molar-refractivity contribution in [2.75, 3.05) is 18.9 Å². The molecule has 24 nitrogen and oxygen atoms in total. The predicted molar refractivity (Wildman–Crippen MR) is 146 cm³/mol. The lowest BCUT2D eigenvalue weighted by molar-refractivity contribution is -0.765. The number of nitrogen functional groups attached to an aromatic ring is 1. The third-order valence-corrected chi connectivity index (χ3v) is 10.1. The molecular formula is C21H27N6O18P3. The molecule has 2 saturated heterocycles. The third-order valence-electron chi connectivity index (χ3n) is 6.93. The maximum absolute atomic E-state index is 12.5. The molecule has 2 unspecified atom stereocenters. The van der Waals surface area contributed by atoms with E-state index in [0.29, 0.717) is 0 Å². The van der Waals surface area contributed by atoms with Crippen LogP contribution in [-0.4, -0.2) is 110 Å². The normalized spacial score (nSPS) is 30.3. The highest BCUT2D eigenvalue weighted by atomic mass is 31.3. The van der Waals surface area contributed by atoms with E-state index in [1.54, 1.807) is 0 Å². The molecule has 2 aliphatic rings. The van der Waals surface area contributed by atoms with Gasteiger partial charge in [-0.25, -0.2) is 28.6 Å². The topological polar surface area (TPSA) is 362 Å². The number of hydrogen-bond donors (Lipinski definition) is 8. The van der Waals surface area contributed by atoms with Gasteiger partial charge in [-0.05, 0) is 6.07 Å². The van der Waals surface area contributed by atoms with Crippen LogP contribution in [0.3, 0.4) is 0 Å². The molecule has 10 atom stereocenters. The number of aliphatic hydroxyl groups is 3. The van der Waals surface area contributed by atoms with Gasteiger partial charge in [0.05, 0.1) is 31.1 Å². The summed E-state index contributed by atoms with van der Waals surface area (Å²) in [6.45, 7) is -2.08. The Bertz CT molecular complexity index is 1810. The molecule has 0 aliphatic carbocycles. The van der Waals surface area contributed by atoms with Crippen LogP contribution in [0.5, 0.6) is 0 Å². The Labute approximate surface area is 267 Å². The van der Waals surface area contributed by atoms with Crippen molar-refractivity contribution in [3.63, 3.8) is 0 Å². The van der Waals surface area contributed by atoms with Crippen molar-refractivity contribution in [1.82, 2.24) is 19.5 Å². The molecule has 9 N–H and O–H groups in total. The van der Waals surface area contributed by atoms with E-state index in [-0.39, 0.29) is 22.5 Å². The lowest BCUT2D eigenvalue weighted by Gasteiger charge is -2.22. The van der Waals surface area contributed by atoms with Gasteiger partial charge in [0.25, 0.3) is 6.23 Å². The highest BCUT2D eigenvalue weighted by Crippen LogP contribution is 2.61. The van der Waals surface area contributed by atoms with E-state index in [9.17, 15) is 58.5 Å². The number of aromatic carboxylic acids is 1. The number of phosphoric ester groups is 3. The molecule has 0 radical (unpaired) electrons. The first-order valence-electron chi connectivity index (χ1n) is 13.3. The summed E-state index contributed by atoms with van der Waals surface area (Å²) in [4.78, 5) is 61.8. The van der Waals surface area contributed by atoms with Gasteiger partial charge >= 0.3 is 23.5 Å². The van der Waals surface area contributed by atoms with Crippen molar-refractivity contribution < 1.29 is 90.4 Å². The van der Waals surface area contributed by atoms with E-state index >= 15 is 0 Å². The van der Waals surface area contributed by atoms with Gasteiger partial charge in [-0.3, -0.25) is 18.1 Å². The molecular weight excluding hydrogens is 717 g/mol. The first kappa shape index (κ1) is 36.4. The number of carboxylic acid groups (broad SMARTS) is 1. The van der Waals surface area contributed by atoms with Crippen LogP contribution in [0, 0.1) is 0 Å². The molecule has 264 valence electrons. The average molecular weight is 744 g/mol. The second-order valence-corrected chi connectivity index (χ2v) is 14.4. The minimum atomic E-state index is -5.54. The van der Waals surface area contributed by atoms with Crippen LogP contribution in [0.4, 0.5) is 5.82 Å². The summed E-state index contributed by atoms with van der Waals surface area (Å²) < 4.78 is 68.1. The highest BCUT2D eigenvalue weighted by molar-refractivity contribution is 7.61. The fraction of sp³-hybridized carbons (Fsp3) is 0.476. The standard InChI is InChI=1S/C21H27N6O18P3/c22-17-12-18(24-7-23-17)27(8-25-12)20-16(44-46(33,34)35)14(29)11(43-20)6-41-48(38,39)45-47(36,37)40-5-10-13(28)15(30)19(42-10)26-3-1-2-9(4-26)21(31)32/h1-4,7-8,10-11,13-16,19-20,28-30H,5-6H2,(H6-,22,23,24,31,32,33,34,35,36,37,38,39)/t10-,11+,13-,14+,15-,16+,19-,20+/m0/s1. The molecule has 0 bridgehead atoms. The van der Waals surface area contributed by atoms with Gasteiger partial charge in [-0.2, -0.15) is 8.88 Å². The Hall–Kier alpha value is -2.86. The van der Waals surface area contributed by atoms with Crippen LogP contribution in [0.15, 0.2) is 37.2 Å². The lowest BCUT2D eigenvalue weighted by atomic mass is 10.1. The number of carbonyl (C=O) groups is 1. The molecule has 3 aromatic rings. The SMILES string of the molecule is Nc1ncnc2c1ncn2[C@@H]1O[C@H](COP(=O)(O)OP(=O)(O)OC[C@@H]2O[C@H]([n+]3cccc(C(=O)[O-])c3)[C@@H](O)[C@H]2O)[C@@H](O)[C@H]1OP(=O)(O)O. The van der Waals surface area contributed by atoms with Gasteiger partial charge in [0.2, 0.25) is 0 Å². The summed E-state index contributed by atoms with van der Waals surface area (Å²) in [5.74, 6) is -1.60. The highest BCUT2D eigenvalue weighted by Gasteiger charge is 2.51. The van der Waals surface area contributed by atoms with E-state index in [4.69, 9.17) is 15.2 Å². The molecule has 5 heterocycles. The van der Waals surface area contributed by atoms with E-state index in [1.807, 2.05) is 0 Å². The zero-order valence-corrected chi connectivity index (χ0v) is 26.5. The van der Waals surface area contributed by atoms with Crippen molar-refractivity contribution in [1.29, 1.82) is 0 Å². The number of fused-ring (bicyclic) bond motifs is 1. The Morgan fingerprint density at radius 1 is 0.979 bits per heavy atom. The summed E-state index contributed by atoms with van der Waals surface area (Å²) in [5, 5.41) is 42.6. The van der Waals surface area contributed by atoms with Gasteiger partial charge in [-0.15, -0.1) is 0 Å². The monoisotopic (exact) mass is 744 g/mol.